The van der Waals surface area contributed by atoms with Gasteiger partial charge in [-0.3, -0.25) is 4.21 Å². The maximum atomic E-state index is 12.2. The fourth-order valence-electron chi connectivity index (χ4n) is 3.34. The first-order valence-corrected chi connectivity index (χ1v) is 9.92. The lowest BCUT2D eigenvalue weighted by molar-refractivity contribution is -0.00280. The highest BCUT2D eigenvalue weighted by Crippen LogP contribution is 2.26. The van der Waals surface area contributed by atoms with Gasteiger partial charge in [0.25, 0.3) is 0 Å². The Kier molecular flexibility index (Phi) is 6.68. The van der Waals surface area contributed by atoms with E-state index in [2.05, 4.69) is 12.2 Å². The summed E-state index contributed by atoms with van der Waals surface area (Å²) in [5.41, 5.74) is 0. The summed E-state index contributed by atoms with van der Waals surface area (Å²) in [6.07, 6.45) is 5.30. The number of nitrogens with one attached hydrogen (secondary N) is 1. The number of ether oxygens (including phenoxy) is 1. The average Bonchev–Trinajstić information content (AvgIpc) is 2.50. The summed E-state index contributed by atoms with van der Waals surface area (Å²) in [4.78, 5) is 14.0. The second-order valence-electron chi connectivity index (χ2n) is 6.63. The van der Waals surface area contributed by atoms with Crippen molar-refractivity contribution >= 4 is 16.8 Å². The molecule has 1 aliphatic carbocycles. The first-order valence-electron chi connectivity index (χ1n) is 8.54. The van der Waals surface area contributed by atoms with Crippen LogP contribution in [0.4, 0.5) is 4.79 Å². The molecule has 2 amide bonds. The van der Waals surface area contributed by atoms with Crippen LogP contribution < -0.4 is 5.32 Å². The van der Waals surface area contributed by atoms with Gasteiger partial charge in [-0.25, -0.2) is 4.79 Å². The summed E-state index contributed by atoms with van der Waals surface area (Å²) in [6.45, 7) is 7.87. The lowest BCUT2D eigenvalue weighted by Crippen LogP contribution is -2.55. The van der Waals surface area contributed by atoms with Crippen molar-refractivity contribution in [1.82, 2.24) is 10.2 Å². The molecule has 5 atom stereocenters. The van der Waals surface area contributed by atoms with Gasteiger partial charge in [-0.05, 0) is 32.6 Å². The zero-order valence-electron chi connectivity index (χ0n) is 14.0. The molecule has 6 heteroatoms. The molecule has 0 aromatic carbocycles. The van der Waals surface area contributed by atoms with E-state index in [1.807, 2.05) is 13.8 Å². The van der Waals surface area contributed by atoms with Gasteiger partial charge in [0, 0.05) is 35.7 Å². The summed E-state index contributed by atoms with van der Waals surface area (Å²) in [7, 11) is -0.813. The molecule has 0 aromatic rings. The summed E-state index contributed by atoms with van der Waals surface area (Å²) < 4.78 is 17.7. The van der Waals surface area contributed by atoms with E-state index in [0.717, 1.165) is 6.42 Å². The zero-order chi connectivity index (χ0) is 16.1. The van der Waals surface area contributed by atoms with Crippen molar-refractivity contribution in [2.45, 2.75) is 63.9 Å². The molecule has 0 bridgehead atoms. The van der Waals surface area contributed by atoms with E-state index in [4.69, 9.17) is 4.74 Å². The summed E-state index contributed by atoms with van der Waals surface area (Å²) >= 11 is 0. The van der Waals surface area contributed by atoms with E-state index in [1.165, 1.54) is 19.3 Å². The number of urea groups is 1. The third kappa shape index (κ3) is 4.44. The van der Waals surface area contributed by atoms with Crippen molar-refractivity contribution in [2.75, 3.05) is 25.4 Å². The third-order valence-electron chi connectivity index (χ3n) is 5.12. The number of amides is 2. The van der Waals surface area contributed by atoms with Crippen LogP contribution in [-0.4, -0.2) is 58.0 Å². The zero-order valence-corrected chi connectivity index (χ0v) is 14.9. The topological polar surface area (TPSA) is 58.6 Å². The monoisotopic (exact) mass is 330 g/mol. The van der Waals surface area contributed by atoms with E-state index in [0.29, 0.717) is 37.5 Å². The molecule has 128 valence electrons. The van der Waals surface area contributed by atoms with Gasteiger partial charge in [0.05, 0.1) is 18.0 Å². The average molecular weight is 330 g/mol. The molecule has 0 spiro atoms. The molecule has 0 unspecified atom stereocenters. The van der Waals surface area contributed by atoms with Crippen molar-refractivity contribution in [3.05, 3.63) is 0 Å². The van der Waals surface area contributed by atoms with E-state index >= 15 is 0 Å². The Labute approximate surface area is 136 Å². The minimum atomic E-state index is -0.813. The smallest absolute Gasteiger partial charge is 0.317 e. The minimum Gasteiger partial charge on any atom is -0.376 e. The highest BCUT2D eigenvalue weighted by Gasteiger charge is 2.32. The Morgan fingerprint density at radius 3 is 2.73 bits per heavy atom. The third-order valence-corrected chi connectivity index (χ3v) is 6.93. The quantitative estimate of drug-likeness (QED) is 0.804. The fraction of sp³-hybridized carbons (Fsp3) is 0.938. The highest BCUT2D eigenvalue weighted by atomic mass is 32.2. The number of nitrogens with zero attached hydrogens (tertiary/aromatic N) is 1. The molecular weight excluding hydrogens is 300 g/mol. The summed E-state index contributed by atoms with van der Waals surface area (Å²) in [5.74, 6) is 1.21. The molecule has 0 aromatic heterocycles. The maximum Gasteiger partial charge on any atom is 0.317 e. The number of carbonyl (C=O) groups is 1. The minimum absolute atomic E-state index is 0.0221. The Balaban J connectivity index is 1.68. The predicted octanol–water partition coefficient (Wildman–Crippen LogP) is 2.13. The van der Waals surface area contributed by atoms with Crippen LogP contribution >= 0.6 is 0 Å². The molecule has 1 saturated carbocycles. The van der Waals surface area contributed by atoms with Crippen molar-refractivity contribution < 1.29 is 13.7 Å². The number of hydrogen-bond donors (Lipinski definition) is 1. The van der Waals surface area contributed by atoms with Crippen LogP contribution in [0, 0.1) is 5.92 Å². The largest absolute Gasteiger partial charge is 0.376 e. The number of carbonyl (C=O) groups excluding carboxylic acids is 1. The lowest BCUT2D eigenvalue weighted by Gasteiger charge is -2.37. The Bertz CT molecular complexity index is 405. The Hall–Kier alpha value is -0.620. The van der Waals surface area contributed by atoms with Gasteiger partial charge in [0.2, 0.25) is 0 Å². The molecule has 2 rings (SSSR count). The van der Waals surface area contributed by atoms with Crippen LogP contribution in [-0.2, 0) is 15.5 Å². The molecule has 1 aliphatic heterocycles. The first-order chi connectivity index (χ1) is 10.5. The standard InChI is InChI=1S/C16H30N2O3S/c1-12-6-4-5-7-15(12)21-10-8-17-16(19)18-9-11-22(20)14(3)13(18)2/h12-15H,4-11H2,1-3H3,(H,17,19)/t12-,13+,14+,15+,22+/m1/s1. The van der Waals surface area contributed by atoms with Gasteiger partial charge in [-0.15, -0.1) is 0 Å². The molecule has 1 saturated heterocycles. The fourth-order valence-corrected chi connectivity index (χ4v) is 4.67. The molecule has 1 heterocycles. The second kappa shape index (κ2) is 8.29. The van der Waals surface area contributed by atoms with Crippen molar-refractivity contribution in [2.24, 2.45) is 5.92 Å². The van der Waals surface area contributed by atoms with E-state index < -0.39 is 10.8 Å². The number of hydrogen-bond acceptors (Lipinski definition) is 3. The van der Waals surface area contributed by atoms with E-state index in [9.17, 15) is 9.00 Å². The van der Waals surface area contributed by atoms with E-state index in [1.54, 1.807) is 4.90 Å². The number of rotatable bonds is 4. The normalized spacial score (nSPS) is 36.1. The van der Waals surface area contributed by atoms with Crippen molar-refractivity contribution in [1.29, 1.82) is 0 Å². The van der Waals surface area contributed by atoms with E-state index in [-0.39, 0.29) is 17.3 Å². The summed E-state index contributed by atoms with van der Waals surface area (Å²) in [5, 5.41) is 2.98. The van der Waals surface area contributed by atoms with Crippen LogP contribution in [0.25, 0.3) is 0 Å². The van der Waals surface area contributed by atoms with Gasteiger partial charge in [0.1, 0.15) is 0 Å². The van der Waals surface area contributed by atoms with Crippen LogP contribution in [0.2, 0.25) is 0 Å². The summed E-state index contributed by atoms with van der Waals surface area (Å²) in [6, 6.07) is -0.0368. The molecule has 5 nitrogen and oxygen atoms in total. The van der Waals surface area contributed by atoms with Crippen molar-refractivity contribution in [3.63, 3.8) is 0 Å². The molecule has 2 fully saturated rings. The highest BCUT2D eigenvalue weighted by molar-refractivity contribution is 7.85. The van der Waals surface area contributed by atoms with Gasteiger partial charge < -0.3 is 15.0 Å². The lowest BCUT2D eigenvalue weighted by atomic mass is 9.88. The van der Waals surface area contributed by atoms with Crippen LogP contribution in [0.3, 0.4) is 0 Å². The Morgan fingerprint density at radius 2 is 2.00 bits per heavy atom. The molecular formula is C16H30N2O3S. The van der Waals surface area contributed by atoms with Crippen LogP contribution in [0.5, 0.6) is 0 Å². The molecule has 2 aliphatic rings. The predicted molar refractivity (Wildman–Crippen MR) is 89.4 cm³/mol. The Morgan fingerprint density at radius 1 is 1.27 bits per heavy atom. The van der Waals surface area contributed by atoms with Gasteiger partial charge in [0.15, 0.2) is 0 Å². The van der Waals surface area contributed by atoms with Crippen LogP contribution in [0.15, 0.2) is 0 Å². The molecule has 22 heavy (non-hydrogen) atoms. The first kappa shape index (κ1) is 17.7. The van der Waals surface area contributed by atoms with Crippen molar-refractivity contribution in [3.8, 4) is 0 Å². The van der Waals surface area contributed by atoms with Gasteiger partial charge in [-0.2, -0.15) is 0 Å². The van der Waals surface area contributed by atoms with Gasteiger partial charge >= 0.3 is 6.03 Å². The maximum absolute atomic E-state index is 12.2. The molecule has 1 N–H and O–H groups in total. The van der Waals surface area contributed by atoms with Crippen LogP contribution in [0.1, 0.15) is 46.5 Å². The second-order valence-corrected chi connectivity index (χ2v) is 8.54. The van der Waals surface area contributed by atoms with Gasteiger partial charge in [-0.1, -0.05) is 19.8 Å². The SMILES string of the molecule is C[C@@H]1CCCC[C@@H]1OCCNC(=O)N1CC[S@](=O)[C@@H](C)[C@@H]1C. The molecule has 0 radical (unpaired) electrons.